The number of hydrogen-bond donors (Lipinski definition) is 1. The first-order valence-corrected chi connectivity index (χ1v) is 8.55. The van der Waals surface area contributed by atoms with Crippen molar-refractivity contribution in [3.05, 3.63) is 65.5 Å². The van der Waals surface area contributed by atoms with Crippen molar-refractivity contribution in [3.8, 4) is 11.8 Å². The Labute approximate surface area is 162 Å². The molecule has 144 valence electrons. The molecule has 0 aliphatic carbocycles. The van der Waals surface area contributed by atoms with Gasteiger partial charge in [0.15, 0.2) is 6.10 Å². The molecule has 0 aliphatic heterocycles. The lowest BCUT2D eigenvalue weighted by molar-refractivity contribution is -0.148. The Morgan fingerprint density at radius 2 is 1.96 bits per heavy atom. The molecule has 6 nitrogen and oxygen atoms in total. The van der Waals surface area contributed by atoms with Crippen LogP contribution in [0.3, 0.4) is 0 Å². The average molecular weight is 382 g/mol. The van der Waals surface area contributed by atoms with E-state index in [-0.39, 0.29) is 11.3 Å². The number of halogens is 1. The van der Waals surface area contributed by atoms with Gasteiger partial charge in [0.1, 0.15) is 23.2 Å². The number of nitrogens with zero attached hydrogens (tertiary/aromatic N) is 1. The van der Waals surface area contributed by atoms with Gasteiger partial charge < -0.3 is 14.8 Å². The third-order valence-corrected chi connectivity index (χ3v) is 3.59. The Hall–Kier alpha value is -3.66. The van der Waals surface area contributed by atoms with Crippen LogP contribution < -0.4 is 10.1 Å². The Morgan fingerprint density at radius 1 is 1.25 bits per heavy atom. The molecule has 2 aromatic carbocycles. The fourth-order valence-electron chi connectivity index (χ4n) is 2.22. The van der Waals surface area contributed by atoms with E-state index in [4.69, 9.17) is 9.47 Å². The molecule has 1 N–H and O–H groups in total. The summed E-state index contributed by atoms with van der Waals surface area (Å²) in [5.41, 5.74) is 0.585. The van der Waals surface area contributed by atoms with E-state index in [9.17, 15) is 19.2 Å². The fourth-order valence-corrected chi connectivity index (χ4v) is 2.22. The van der Waals surface area contributed by atoms with E-state index in [1.807, 2.05) is 6.92 Å². The molecule has 28 heavy (non-hydrogen) atoms. The summed E-state index contributed by atoms with van der Waals surface area (Å²) in [6.45, 7) is 3.75. The van der Waals surface area contributed by atoms with Crippen LogP contribution in [0.25, 0.3) is 6.08 Å². The number of carbonyl (C=O) groups excluding carboxylic acids is 2. The lowest BCUT2D eigenvalue weighted by atomic mass is 10.1. The van der Waals surface area contributed by atoms with Crippen LogP contribution in [0.2, 0.25) is 0 Å². The highest BCUT2D eigenvalue weighted by atomic mass is 19.1. The normalized spacial score (nSPS) is 11.9. The summed E-state index contributed by atoms with van der Waals surface area (Å²) in [5.74, 6) is -1.41. The van der Waals surface area contributed by atoms with Crippen molar-refractivity contribution >= 4 is 23.6 Å². The number of hydrogen-bond acceptors (Lipinski definition) is 5. The molecule has 0 spiro atoms. The van der Waals surface area contributed by atoms with Crippen LogP contribution in [0.5, 0.6) is 5.75 Å². The average Bonchev–Trinajstić information content (AvgIpc) is 2.67. The molecule has 0 fully saturated rings. The number of benzene rings is 2. The van der Waals surface area contributed by atoms with Gasteiger partial charge in [-0.2, -0.15) is 5.26 Å². The van der Waals surface area contributed by atoms with E-state index < -0.39 is 23.8 Å². The van der Waals surface area contributed by atoms with E-state index in [0.717, 1.165) is 6.07 Å². The molecular weight excluding hydrogens is 363 g/mol. The molecule has 0 saturated carbocycles. The Bertz CT molecular complexity index is 917. The zero-order chi connectivity index (χ0) is 20.5. The molecule has 0 aliphatic rings. The maximum atomic E-state index is 13.2. The minimum absolute atomic E-state index is 0.235. The van der Waals surface area contributed by atoms with Crippen LogP contribution >= 0.6 is 0 Å². The van der Waals surface area contributed by atoms with Gasteiger partial charge in [-0.05, 0) is 55.8 Å². The van der Waals surface area contributed by atoms with Gasteiger partial charge in [-0.15, -0.1) is 0 Å². The van der Waals surface area contributed by atoms with Crippen LogP contribution in [-0.2, 0) is 14.3 Å². The number of nitriles is 1. The summed E-state index contributed by atoms with van der Waals surface area (Å²) in [7, 11) is 0. The summed E-state index contributed by atoms with van der Waals surface area (Å²) in [6, 6.07) is 13.9. The van der Waals surface area contributed by atoms with Crippen molar-refractivity contribution in [2.24, 2.45) is 0 Å². The van der Waals surface area contributed by atoms with Crippen LogP contribution in [0, 0.1) is 17.1 Å². The highest BCUT2D eigenvalue weighted by molar-refractivity contribution is 6.01. The van der Waals surface area contributed by atoms with Crippen molar-refractivity contribution in [1.29, 1.82) is 5.26 Å². The second-order valence-electron chi connectivity index (χ2n) is 5.72. The van der Waals surface area contributed by atoms with Crippen LogP contribution in [0.1, 0.15) is 19.4 Å². The summed E-state index contributed by atoms with van der Waals surface area (Å²) < 4.78 is 23.5. The topological polar surface area (TPSA) is 88.4 Å². The first kappa shape index (κ1) is 20.6. The Balaban J connectivity index is 2.02. The van der Waals surface area contributed by atoms with Crippen molar-refractivity contribution in [1.82, 2.24) is 0 Å². The lowest BCUT2D eigenvalue weighted by Gasteiger charge is -2.13. The minimum Gasteiger partial charge on any atom is -0.494 e. The van der Waals surface area contributed by atoms with Gasteiger partial charge >= 0.3 is 5.97 Å². The van der Waals surface area contributed by atoms with E-state index in [0.29, 0.717) is 17.9 Å². The van der Waals surface area contributed by atoms with Crippen LogP contribution in [0.15, 0.2) is 54.1 Å². The molecule has 1 atom stereocenters. The van der Waals surface area contributed by atoms with E-state index in [2.05, 4.69) is 5.32 Å². The van der Waals surface area contributed by atoms with Crippen LogP contribution in [0.4, 0.5) is 10.1 Å². The maximum Gasteiger partial charge on any atom is 0.349 e. The number of esters is 1. The quantitative estimate of drug-likeness (QED) is 0.448. The predicted octanol–water partition coefficient (Wildman–Crippen LogP) is 3.70. The van der Waals surface area contributed by atoms with Crippen molar-refractivity contribution in [2.45, 2.75) is 20.0 Å². The molecule has 0 radical (unpaired) electrons. The molecule has 1 amide bonds. The lowest BCUT2D eigenvalue weighted by Crippen LogP contribution is -2.30. The van der Waals surface area contributed by atoms with Crippen molar-refractivity contribution < 1.29 is 23.5 Å². The zero-order valence-electron chi connectivity index (χ0n) is 15.4. The second-order valence-corrected chi connectivity index (χ2v) is 5.72. The highest BCUT2D eigenvalue weighted by Crippen LogP contribution is 2.16. The molecule has 2 aromatic rings. The number of ether oxygens (including phenoxy) is 2. The van der Waals surface area contributed by atoms with Gasteiger partial charge in [-0.25, -0.2) is 9.18 Å². The minimum atomic E-state index is -1.17. The summed E-state index contributed by atoms with van der Waals surface area (Å²) in [5, 5.41) is 11.7. The first-order chi connectivity index (χ1) is 13.4. The number of nitrogens with one attached hydrogen (secondary N) is 1. The molecule has 0 heterocycles. The van der Waals surface area contributed by atoms with Crippen LogP contribution in [-0.4, -0.2) is 24.6 Å². The predicted molar refractivity (Wildman–Crippen MR) is 102 cm³/mol. The van der Waals surface area contributed by atoms with Crippen molar-refractivity contribution in [2.75, 3.05) is 11.9 Å². The molecule has 0 unspecified atom stereocenters. The van der Waals surface area contributed by atoms with Gasteiger partial charge in [0.25, 0.3) is 5.91 Å². The first-order valence-electron chi connectivity index (χ1n) is 8.55. The third kappa shape index (κ3) is 5.95. The number of carbonyl (C=O) groups is 2. The number of amides is 1. The molecular formula is C21H19FN2O4. The van der Waals surface area contributed by atoms with Gasteiger partial charge in [-0.3, -0.25) is 4.79 Å². The second kappa shape index (κ2) is 9.88. The molecule has 0 aromatic heterocycles. The zero-order valence-corrected chi connectivity index (χ0v) is 15.4. The Morgan fingerprint density at radius 3 is 2.57 bits per heavy atom. The van der Waals surface area contributed by atoms with Crippen molar-refractivity contribution in [3.63, 3.8) is 0 Å². The summed E-state index contributed by atoms with van der Waals surface area (Å²) in [4.78, 5) is 24.3. The van der Waals surface area contributed by atoms with Gasteiger partial charge in [-0.1, -0.05) is 18.2 Å². The largest absolute Gasteiger partial charge is 0.494 e. The summed E-state index contributed by atoms with van der Waals surface area (Å²) >= 11 is 0. The smallest absolute Gasteiger partial charge is 0.349 e. The van der Waals surface area contributed by atoms with Gasteiger partial charge in [0.05, 0.1) is 6.61 Å². The van der Waals surface area contributed by atoms with E-state index in [1.54, 1.807) is 30.3 Å². The maximum absolute atomic E-state index is 13.2. The molecule has 0 bridgehead atoms. The number of rotatable bonds is 7. The standard InChI is InChI=1S/C21H19FN2O4/c1-3-27-19-9-7-15(8-10-19)11-16(13-23)21(26)28-14(2)20(25)24-18-6-4-5-17(22)12-18/h4-12,14H,3H2,1-2H3,(H,24,25)/b16-11+/t14-/m1/s1. The van der Waals surface area contributed by atoms with E-state index >= 15 is 0 Å². The monoisotopic (exact) mass is 382 g/mol. The number of anilines is 1. The fraction of sp³-hybridized carbons (Fsp3) is 0.190. The van der Waals surface area contributed by atoms with E-state index in [1.165, 1.54) is 31.2 Å². The van der Waals surface area contributed by atoms with Gasteiger partial charge in [0.2, 0.25) is 0 Å². The molecule has 0 saturated heterocycles. The highest BCUT2D eigenvalue weighted by Gasteiger charge is 2.20. The SMILES string of the molecule is CCOc1ccc(/C=C(\C#N)C(=O)O[C@H](C)C(=O)Nc2cccc(F)c2)cc1. The molecule has 7 heteroatoms. The Kier molecular flexibility index (Phi) is 7.28. The summed E-state index contributed by atoms with van der Waals surface area (Å²) in [6.07, 6.45) is 0.183. The molecule has 2 rings (SSSR count). The third-order valence-electron chi connectivity index (χ3n) is 3.59. The van der Waals surface area contributed by atoms with Gasteiger partial charge in [0, 0.05) is 5.69 Å².